The Hall–Kier alpha value is -10.9. The number of hydrogen-bond donors (Lipinski definition) is 0. The van der Waals surface area contributed by atoms with Crippen LogP contribution in [0.2, 0.25) is 0 Å². The number of aliphatic imine (C=N–C) groups is 2. The summed E-state index contributed by atoms with van der Waals surface area (Å²) in [6.07, 6.45) is 0. The molecule has 0 saturated carbocycles. The monoisotopic (exact) mass is 1040 g/mol. The molecule has 0 spiro atoms. The van der Waals surface area contributed by atoms with Gasteiger partial charge in [0.05, 0.1) is 45.5 Å². The minimum Gasteiger partial charge on any atom is -0.300 e. The van der Waals surface area contributed by atoms with Crippen molar-refractivity contribution in [3.8, 4) is 67.8 Å². The van der Waals surface area contributed by atoms with Crippen molar-refractivity contribution in [2.75, 3.05) is 0 Å². The number of fused-ring (bicyclic) bond motifs is 9. The van der Waals surface area contributed by atoms with Crippen LogP contribution in [0.25, 0.3) is 101 Å². The van der Waals surface area contributed by atoms with Crippen LogP contribution in [0.1, 0.15) is 34.3 Å². The van der Waals surface area contributed by atoms with Gasteiger partial charge >= 0.3 is 0 Å². The van der Waals surface area contributed by atoms with Gasteiger partial charge < -0.3 is 4.90 Å². The van der Waals surface area contributed by atoms with Gasteiger partial charge in [-0.15, -0.1) is 0 Å². The van der Waals surface area contributed by atoms with Gasteiger partial charge in [-0.1, -0.05) is 231 Å². The fourth-order valence-electron chi connectivity index (χ4n) is 12.1. The fourth-order valence-corrected chi connectivity index (χ4v) is 12.1. The molecular formula is C72H47N9. The van der Waals surface area contributed by atoms with Crippen LogP contribution in [0, 0.1) is 0 Å². The Labute approximate surface area is 466 Å². The summed E-state index contributed by atoms with van der Waals surface area (Å²) in [5.41, 5.74) is 18.0. The first kappa shape index (κ1) is 46.2. The fraction of sp³-hybridized carbons (Fsp3) is 0.0278. The second kappa shape index (κ2) is 18.9. The summed E-state index contributed by atoms with van der Waals surface area (Å²) in [4.78, 5) is 35.6. The number of amidine groups is 2. The van der Waals surface area contributed by atoms with E-state index in [-0.39, 0.29) is 12.1 Å². The van der Waals surface area contributed by atoms with Crippen LogP contribution < -0.4 is 0 Å². The molecular weight excluding hydrogens is 991 g/mol. The molecule has 81 heavy (non-hydrogen) atoms. The number of hydrogen-bond acceptors (Lipinski definition) is 7. The van der Waals surface area contributed by atoms with E-state index in [1.165, 1.54) is 0 Å². The number of imidazole rings is 2. The maximum absolute atomic E-state index is 5.73. The minimum absolute atomic E-state index is 0.174. The largest absolute Gasteiger partial charge is 0.300 e. The van der Waals surface area contributed by atoms with Crippen LogP contribution in [-0.2, 0) is 0 Å². The van der Waals surface area contributed by atoms with Crippen molar-refractivity contribution in [3.63, 3.8) is 0 Å². The molecule has 9 heteroatoms. The summed E-state index contributed by atoms with van der Waals surface area (Å²) in [5, 5.41) is 1.93. The van der Waals surface area contributed by atoms with Gasteiger partial charge in [-0.25, -0.2) is 24.9 Å². The van der Waals surface area contributed by atoms with E-state index in [0.29, 0.717) is 0 Å². The molecule has 14 aromatic rings. The van der Waals surface area contributed by atoms with Crippen molar-refractivity contribution in [2.24, 2.45) is 9.98 Å². The van der Waals surface area contributed by atoms with Gasteiger partial charge in [0.15, 0.2) is 0 Å². The summed E-state index contributed by atoms with van der Waals surface area (Å²) < 4.78 is 4.51. The van der Waals surface area contributed by atoms with E-state index >= 15 is 0 Å². The van der Waals surface area contributed by atoms with Crippen molar-refractivity contribution >= 4 is 50.5 Å². The molecule has 0 fully saturated rings. The highest BCUT2D eigenvalue weighted by Gasteiger charge is 2.44. The zero-order chi connectivity index (χ0) is 53.4. The van der Waals surface area contributed by atoms with E-state index in [0.717, 1.165) is 141 Å². The smallest absolute Gasteiger partial charge is 0.149 e. The van der Waals surface area contributed by atoms with Gasteiger partial charge in [0, 0.05) is 55.3 Å². The number of benzene rings is 10. The molecule has 4 aromatic heterocycles. The second-order valence-electron chi connectivity index (χ2n) is 20.6. The molecule has 9 nitrogen and oxygen atoms in total. The van der Waals surface area contributed by atoms with Gasteiger partial charge in [-0.3, -0.25) is 13.8 Å². The highest BCUT2D eigenvalue weighted by molar-refractivity contribution is 6.21. The molecule has 0 radical (unpaired) electrons. The standard InChI is InChI=1S/C72H47N9/c1-6-23-47(24-7-1)64-61(76-70-55-35-16-19-38-58(55)73-67(79(64)70)50-27-10-3-11-28-50)46-41-43-49(44-42-46)66-63(78-72-57-37-18-21-40-60(57)75-69(81(66)72)52-31-14-5-15-32-52)54-34-22-33-53(45-54)62-65(48-25-8-2-9-26-48)80-68(51-29-12-4-13-30-51)74-59-39-20-17-36-56(59)71(80)77-62/h1-45,61,64H. The first-order chi connectivity index (χ1) is 40.2. The summed E-state index contributed by atoms with van der Waals surface area (Å²) in [7, 11) is 0. The molecule has 380 valence electrons. The van der Waals surface area contributed by atoms with Crippen molar-refractivity contribution in [2.45, 2.75) is 12.1 Å². The SMILES string of the molecule is c1ccc(C2=Nc3ccccc3C3=NC(c4ccc(-c5c(-c6cccc(-c7nc8c9ccccc9nc(-c9ccccc9)n8c7-c7ccccc7)c6)nc6c7ccccc7nc(-c7ccccc7)n56)cc4)C(c4ccccc4)N23)cc1. The lowest BCUT2D eigenvalue weighted by Crippen LogP contribution is -2.40. The van der Waals surface area contributed by atoms with Crippen LogP contribution in [0.15, 0.2) is 283 Å². The van der Waals surface area contributed by atoms with E-state index < -0.39 is 0 Å². The van der Waals surface area contributed by atoms with E-state index in [1.54, 1.807) is 0 Å². The molecule has 2 aliphatic rings. The third-order valence-corrected chi connectivity index (χ3v) is 15.8. The lowest BCUT2D eigenvalue weighted by atomic mass is 9.91. The van der Waals surface area contributed by atoms with Crippen LogP contribution >= 0.6 is 0 Å². The van der Waals surface area contributed by atoms with E-state index in [4.69, 9.17) is 29.9 Å². The first-order valence-corrected chi connectivity index (χ1v) is 27.4. The summed E-state index contributed by atoms with van der Waals surface area (Å²) in [6.45, 7) is 0. The lowest BCUT2D eigenvalue weighted by Gasteiger charge is -2.34. The predicted octanol–water partition coefficient (Wildman–Crippen LogP) is 16.7. The minimum atomic E-state index is -0.265. The maximum Gasteiger partial charge on any atom is 0.149 e. The van der Waals surface area contributed by atoms with E-state index in [9.17, 15) is 0 Å². The van der Waals surface area contributed by atoms with Crippen LogP contribution in [0.5, 0.6) is 0 Å². The highest BCUT2D eigenvalue weighted by Crippen LogP contribution is 2.49. The quantitative estimate of drug-likeness (QED) is 0.144. The van der Waals surface area contributed by atoms with Gasteiger partial charge in [0.1, 0.15) is 40.7 Å². The molecule has 0 aliphatic carbocycles. The van der Waals surface area contributed by atoms with Gasteiger partial charge in [-0.2, -0.15) is 0 Å². The molecule has 6 heterocycles. The van der Waals surface area contributed by atoms with Gasteiger partial charge in [0.2, 0.25) is 0 Å². The molecule has 10 aromatic carbocycles. The lowest BCUT2D eigenvalue weighted by molar-refractivity contribution is 0.426. The summed E-state index contributed by atoms with van der Waals surface area (Å²) >= 11 is 0. The highest BCUT2D eigenvalue weighted by atomic mass is 15.3. The van der Waals surface area contributed by atoms with Crippen molar-refractivity contribution in [1.29, 1.82) is 0 Å². The molecule has 0 saturated heterocycles. The van der Waals surface area contributed by atoms with Crippen LogP contribution in [-0.4, -0.2) is 45.3 Å². The van der Waals surface area contributed by atoms with Crippen molar-refractivity contribution in [1.82, 2.24) is 33.6 Å². The summed E-state index contributed by atoms with van der Waals surface area (Å²) in [5.74, 6) is 3.42. The molecule has 2 aliphatic heterocycles. The second-order valence-corrected chi connectivity index (χ2v) is 20.6. The number of rotatable bonds is 9. The number of aromatic nitrogens is 6. The third kappa shape index (κ3) is 7.62. The molecule has 2 unspecified atom stereocenters. The molecule has 16 rings (SSSR count). The van der Waals surface area contributed by atoms with Gasteiger partial charge in [0.25, 0.3) is 0 Å². The number of para-hydroxylation sites is 3. The Kier molecular flexibility index (Phi) is 10.8. The van der Waals surface area contributed by atoms with E-state index in [2.05, 4.69) is 262 Å². The average molecular weight is 1040 g/mol. The predicted molar refractivity (Wildman–Crippen MR) is 327 cm³/mol. The maximum atomic E-state index is 5.73. The average Bonchev–Trinajstić information content (AvgIpc) is 4.46. The Morgan fingerprint density at radius 3 is 1.32 bits per heavy atom. The van der Waals surface area contributed by atoms with Crippen molar-refractivity contribution in [3.05, 3.63) is 295 Å². The molecule has 0 amide bonds. The van der Waals surface area contributed by atoms with Gasteiger partial charge in [-0.05, 0) is 53.6 Å². The Bertz CT molecular complexity index is 4800. The Balaban J connectivity index is 0.910. The van der Waals surface area contributed by atoms with Crippen LogP contribution in [0.3, 0.4) is 0 Å². The zero-order valence-electron chi connectivity index (χ0n) is 43.7. The zero-order valence-corrected chi connectivity index (χ0v) is 43.7. The topological polar surface area (TPSA) is 88.3 Å². The summed E-state index contributed by atoms with van der Waals surface area (Å²) in [6, 6.07) is 94.9. The Morgan fingerprint density at radius 1 is 0.321 bits per heavy atom. The normalized spacial score (nSPS) is 14.8. The third-order valence-electron chi connectivity index (χ3n) is 15.8. The van der Waals surface area contributed by atoms with Crippen LogP contribution in [0.4, 0.5) is 5.69 Å². The Morgan fingerprint density at radius 2 is 0.765 bits per heavy atom. The first-order valence-electron chi connectivity index (χ1n) is 27.4. The van der Waals surface area contributed by atoms with Crippen molar-refractivity contribution < 1.29 is 0 Å². The van der Waals surface area contributed by atoms with E-state index in [1.807, 2.05) is 24.3 Å². The number of nitrogens with zero attached hydrogens (tertiary/aromatic N) is 9. The molecule has 2 atom stereocenters. The molecule has 0 N–H and O–H groups in total. The molecule has 0 bridgehead atoms.